The Kier molecular flexibility index (Phi) is 10.7. The summed E-state index contributed by atoms with van der Waals surface area (Å²) in [6, 6.07) is 18.1. The van der Waals surface area contributed by atoms with Crippen molar-refractivity contribution in [3.63, 3.8) is 0 Å². The van der Waals surface area contributed by atoms with E-state index in [4.69, 9.17) is 19.4 Å². The Morgan fingerprint density at radius 2 is 1.51 bits per heavy atom. The van der Waals surface area contributed by atoms with Gasteiger partial charge in [0.1, 0.15) is 0 Å². The van der Waals surface area contributed by atoms with Crippen LogP contribution in [0.5, 0.6) is 0 Å². The van der Waals surface area contributed by atoms with Gasteiger partial charge >= 0.3 is 0 Å². The van der Waals surface area contributed by atoms with Gasteiger partial charge in [-0.3, -0.25) is 4.79 Å². The number of hydrogen-bond acceptors (Lipinski definition) is 9. The zero-order valence-corrected chi connectivity index (χ0v) is 23.7. The summed E-state index contributed by atoms with van der Waals surface area (Å²) < 4.78 is 11.3. The molecule has 2 aromatic carbocycles. The highest BCUT2D eigenvalue weighted by molar-refractivity contribution is 5.94. The van der Waals surface area contributed by atoms with Crippen LogP contribution in [0.25, 0.3) is 0 Å². The van der Waals surface area contributed by atoms with Gasteiger partial charge in [0.2, 0.25) is 17.8 Å². The second-order valence-electron chi connectivity index (χ2n) is 10.5. The van der Waals surface area contributed by atoms with Crippen molar-refractivity contribution in [2.45, 2.75) is 51.1 Å². The summed E-state index contributed by atoms with van der Waals surface area (Å²) >= 11 is 0. The maximum atomic E-state index is 12.0. The molecular weight excluding hydrogens is 518 g/mol. The zero-order chi connectivity index (χ0) is 28.1. The van der Waals surface area contributed by atoms with E-state index >= 15 is 0 Å². The third-order valence-electron chi connectivity index (χ3n) is 7.44. The van der Waals surface area contributed by atoms with Crippen LogP contribution in [-0.2, 0) is 22.4 Å². The molecule has 10 nitrogen and oxygen atoms in total. The van der Waals surface area contributed by atoms with E-state index in [9.17, 15) is 4.79 Å². The average Bonchev–Trinajstić information content (AvgIpc) is 3.02. The molecule has 1 amide bonds. The third-order valence-corrected chi connectivity index (χ3v) is 7.44. The second kappa shape index (κ2) is 15.3. The first-order valence-corrected chi connectivity index (χ1v) is 14.8. The summed E-state index contributed by atoms with van der Waals surface area (Å²) in [5.74, 6) is 1.79. The Morgan fingerprint density at radius 1 is 0.805 bits per heavy atom. The van der Waals surface area contributed by atoms with E-state index in [0.29, 0.717) is 69.0 Å². The van der Waals surface area contributed by atoms with Crippen molar-refractivity contribution < 1.29 is 14.3 Å². The molecule has 3 N–H and O–H groups in total. The largest absolute Gasteiger partial charge is 0.377 e. The van der Waals surface area contributed by atoms with Crippen LogP contribution in [0, 0.1) is 0 Å². The average molecular weight is 560 g/mol. The summed E-state index contributed by atoms with van der Waals surface area (Å²) in [7, 11) is 0. The van der Waals surface area contributed by atoms with Gasteiger partial charge in [-0.15, -0.1) is 0 Å². The number of rotatable bonds is 14. The molecule has 5 rings (SSSR count). The molecule has 1 fully saturated rings. The Morgan fingerprint density at radius 3 is 2.32 bits per heavy atom. The van der Waals surface area contributed by atoms with Gasteiger partial charge in [0.05, 0.1) is 26.4 Å². The summed E-state index contributed by atoms with van der Waals surface area (Å²) in [5, 5.41) is 9.74. The van der Waals surface area contributed by atoms with Gasteiger partial charge in [-0.2, -0.15) is 15.0 Å². The van der Waals surface area contributed by atoms with Gasteiger partial charge in [-0.1, -0.05) is 61.7 Å². The van der Waals surface area contributed by atoms with Gasteiger partial charge in [0.15, 0.2) is 0 Å². The molecule has 2 heterocycles. The van der Waals surface area contributed by atoms with Crippen molar-refractivity contribution in [1.29, 1.82) is 0 Å². The van der Waals surface area contributed by atoms with Crippen molar-refractivity contribution in [3.05, 3.63) is 71.3 Å². The van der Waals surface area contributed by atoms with Crippen LogP contribution >= 0.6 is 0 Å². The Hall–Kier alpha value is -3.76. The first-order chi connectivity index (χ1) is 20.2. The monoisotopic (exact) mass is 559 g/mol. The number of fused-ring (bicyclic) bond motifs is 1. The number of carbonyl (C=O) groups is 1. The summed E-state index contributed by atoms with van der Waals surface area (Å²) in [4.78, 5) is 28.5. The quantitative estimate of drug-likeness (QED) is 0.252. The lowest BCUT2D eigenvalue weighted by Gasteiger charge is -2.29. The topological polar surface area (TPSA) is 114 Å². The molecule has 0 bridgehead atoms. The normalized spacial score (nSPS) is 15.3. The van der Waals surface area contributed by atoms with Crippen LogP contribution in [-0.4, -0.2) is 73.0 Å². The number of hydrogen-bond donors (Lipinski definition) is 3. The smallest absolute Gasteiger partial charge is 0.251 e. The van der Waals surface area contributed by atoms with E-state index in [1.807, 2.05) is 18.2 Å². The van der Waals surface area contributed by atoms with Crippen molar-refractivity contribution in [3.8, 4) is 0 Å². The van der Waals surface area contributed by atoms with Crippen molar-refractivity contribution in [2.75, 3.05) is 61.6 Å². The Balaban J connectivity index is 1.05. The van der Waals surface area contributed by atoms with Gasteiger partial charge in [0.25, 0.3) is 5.91 Å². The molecule has 0 spiro atoms. The van der Waals surface area contributed by atoms with Crippen molar-refractivity contribution in [2.24, 2.45) is 0 Å². The van der Waals surface area contributed by atoms with Gasteiger partial charge in [-0.25, -0.2) is 0 Å². The highest BCUT2D eigenvalue weighted by Crippen LogP contribution is 2.25. The van der Waals surface area contributed by atoms with Crippen molar-refractivity contribution in [1.82, 2.24) is 20.3 Å². The lowest BCUT2D eigenvalue weighted by Crippen LogP contribution is -2.33. The third kappa shape index (κ3) is 8.86. The summed E-state index contributed by atoms with van der Waals surface area (Å²) in [6.07, 6.45) is 7.06. The molecule has 0 radical (unpaired) electrons. The standard InChI is InChI=1S/C31H41N7O3/c39-28(25-10-3-1-4-11-25)32-16-19-40-21-22-41-20-17-33-29-35-30(34-27-13-5-2-6-14-27)37-31(36-29)38-18-15-24-9-7-8-12-26(24)23-38/h1,3-4,7-12,27H,2,5-6,13-23H2,(H,32,39)(H2,33,34,35,36,37). The molecule has 1 aliphatic carbocycles. The second-order valence-corrected chi connectivity index (χ2v) is 10.5. The minimum atomic E-state index is -0.0970. The highest BCUT2D eigenvalue weighted by atomic mass is 16.5. The number of aromatic nitrogens is 3. The molecule has 218 valence electrons. The van der Waals surface area contributed by atoms with E-state index in [0.717, 1.165) is 32.4 Å². The van der Waals surface area contributed by atoms with Crippen LogP contribution in [0.3, 0.4) is 0 Å². The molecular formula is C31H41N7O3. The predicted molar refractivity (Wildman–Crippen MR) is 160 cm³/mol. The van der Waals surface area contributed by atoms with E-state index in [2.05, 4.69) is 50.1 Å². The maximum Gasteiger partial charge on any atom is 0.251 e. The number of amides is 1. The predicted octanol–water partition coefficient (Wildman–Crippen LogP) is 4.05. The van der Waals surface area contributed by atoms with Crippen LogP contribution in [0.4, 0.5) is 17.8 Å². The van der Waals surface area contributed by atoms with Crippen LogP contribution in [0.2, 0.25) is 0 Å². The van der Waals surface area contributed by atoms with Crippen LogP contribution < -0.4 is 20.9 Å². The molecule has 41 heavy (non-hydrogen) atoms. The summed E-state index contributed by atoms with van der Waals surface area (Å²) in [5.41, 5.74) is 3.37. The Bertz CT molecular complexity index is 1240. The molecule has 0 atom stereocenters. The van der Waals surface area contributed by atoms with Crippen LogP contribution in [0.1, 0.15) is 53.6 Å². The van der Waals surface area contributed by atoms with Gasteiger partial charge < -0.3 is 30.3 Å². The molecule has 0 saturated heterocycles. The fourth-order valence-electron chi connectivity index (χ4n) is 5.23. The fourth-order valence-corrected chi connectivity index (χ4v) is 5.23. The van der Waals surface area contributed by atoms with E-state index in [1.54, 1.807) is 12.1 Å². The molecule has 1 aromatic heterocycles. The minimum absolute atomic E-state index is 0.0970. The van der Waals surface area contributed by atoms with Crippen LogP contribution in [0.15, 0.2) is 54.6 Å². The minimum Gasteiger partial charge on any atom is -0.377 e. The fraction of sp³-hybridized carbons (Fsp3) is 0.484. The van der Waals surface area contributed by atoms with E-state index < -0.39 is 0 Å². The summed E-state index contributed by atoms with van der Waals surface area (Å²) in [6.45, 7) is 4.56. The maximum absolute atomic E-state index is 12.0. The number of nitrogens with one attached hydrogen (secondary N) is 3. The van der Waals surface area contributed by atoms with E-state index in [1.165, 1.54) is 30.4 Å². The lowest BCUT2D eigenvalue weighted by atomic mass is 9.96. The molecule has 1 aliphatic heterocycles. The van der Waals surface area contributed by atoms with Gasteiger partial charge in [-0.05, 0) is 42.5 Å². The number of carbonyl (C=O) groups excluding carboxylic acids is 1. The first kappa shape index (κ1) is 28.8. The molecule has 3 aromatic rings. The number of benzene rings is 2. The van der Waals surface area contributed by atoms with Crippen molar-refractivity contribution >= 4 is 23.8 Å². The SMILES string of the molecule is O=C(NCCOCCOCCNc1nc(NC2CCCCC2)nc(N2CCc3ccccc3C2)n1)c1ccccc1. The zero-order valence-electron chi connectivity index (χ0n) is 23.7. The van der Waals surface area contributed by atoms with Gasteiger partial charge in [0, 0.05) is 37.8 Å². The number of ether oxygens (including phenoxy) is 2. The highest BCUT2D eigenvalue weighted by Gasteiger charge is 2.21. The number of anilines is 3. The van der Waals surface area contributed by atoms with E-state index in [-0.39, 0.29) is 5.91 Å². The first-order valence-electron chi connectivity index (χ1n) is 14.8. The molecule has 10 heteroatoms. The lowest BCUT2D eigenvalue weighted by molar-refractivity contribution is 0.0519. The number of nitrogens with zero attached hydrogens (tertiary/aromatic N) is 4. The Labute approximate surface area is 242 Å². The molecule has 0 unspecified atom stereocenters. The molecule has 1 saturated carbocycles. The molecule has 2 aliphatic rings.